The Morgan fingerprint density at radius 2 is 1.81 bits per heavy atom. The molecule has 4 saturated carbocycles. The Kier molecular flexibility index (Phi) is 3.05. The highest BCUT2D eigenvalue weighted by atomic mass is 16.5. The maximum atomic E-state index is 10.8. The fourth-order valence-electron chi connectivity index (χ4n) is 5.45. The Morgan fingerprint density at radius 1 is 1.14 bits per heavy atom. The highest BCUT2D eigenvalue weighted by Gasteiger charge is 2.56. The smallest absolute Gasteiger partial charge is 0.118 e. The zero-order chi connectivity index (χ0) is 14.5. The first-order valence-electron chi connectivity index (χ1n) is 8.19. The van der Waals surface area contributed by atoms with Crippen LogP contribution in [0.2, 0.25) is 0 Å². The van der Waals surface area contributed by atoms with Gasteiger partial charge in [0, 0.05) is 12.1 Å². The van der Waals surface area contributed by atoms with Crippen molar-refractivity contribution in [3.63, 3.8) is 0 Å². The van der Waals surface area contributed by atoms with E-state index >= 15 is 0 Å². The lowest BCUT2D eigenvalue weighted by Crippen LogP contribution is -2.64. The van der Waals surface area contributed by atoms with Gasteiger partial charge in [0.05, 0.1) is 12.7 Å². The van der Waals surface area contributed by atoms with Gasteiger partial charge in [0.2, 0.25) is 0 Å². The molecule has 0 aliphatic heterocycles. The standard InChI is InChI=1S/C18H25NO2/c1-21-16-4-2-13(3-5-16)11-19-17-7-14-6-15(8-17)10-18(20,9-14)12-17/h2-5,14-15,19-20H,6-12H2,1H3. The molecule has 4 fully saturated rings. The minimum atomic E-state index is -0.378. The van der Waals surface area contributed by atoms with Crippen LogP contribution in [0.5, 0.6) is 5.75 Å². The fourth-order valence-corrected chi connectivity index (χ4v) is 5.45. The van der Waals surface area contributed by atoms with Crippen molar-refractivity contribution >= 4 is 0 Å². The Bertz CT molecular complexity index is 511. The molecule has 0 aromatic heterocycles. The van der Waals surface area contributed by atoms with Crippen LogP contribution in [-0.4, -0.2) is 23.4 Å². The molecule has 4 bridgehead atoms. The van der Waals surface area contributed by atoms with Crippen LogP contribution in [-0.2, 0) is 6.54 Å². The number of nitrogens with one attached hydrogen (secondary N) is 1. The third-order valence-electron chi connectivity index (χ3n) is 5.86. The molecule has 0 radical (unpaired) electrons. The lowest BCUT2D eigenvalue weighted by molar-refractivity contribution is -0.142. The Labute approximate surface area is 126 Å². The summed E-state index contributed by atoms with van der Waals surface area (Å²) < 4.78 is 5.21. The average Bonchev–Trinajstić information content (AvgIpc) is 2.43. The molecule has 1 aromatic rings. The summed E-state index contributed by atoms with van der Waals surface area (Å²) in [5, 5.41) is 14.6. The van der Waals surface area contributed by atoms with Crippen LogP contribution in [0.25, 0.3) is 0 Å². The van der Waals surface area contributed by atoms with Crippen LogP contribution in [0.1, 0.15) is 44.1 Å². The number of methoxy groups -OCH3 is 1. The molecule has 0 spiro atoms. The van der Waals surface area contributed by atoms with Crippen LogP contribution in [0.15, 0.2) is 24.3 Å². The summed E-state index contributed by atoms with van der Waals surface area (Å²) in [4.78, 5) is 0. The minimum absolute atomic E-state index is 0.179. The van der Waals surface area contributed by atoms with Gasteiger partial charge in [-0.2, -0.15) is 0 Å². The first-order valence-corrected chi connectivity index (χ1v) is 8.19. The van der Waals surface area contributed by atoms with Crippen molar-refractivity contribution in [1.29, 1.82) is 0 Å². The monoisotopic (exact) mass is 287 g/mol. The van der Waals surface area contributed by atoms with Gasteiger partial charge in [0.25, 0.3) is 0 Å². The molecule has 114 valence electrons. The molecular formula is C18H25NO2. The van der Waals surface area contributed by atoms with Gasteiger partial charge >= 0.3 is 0 Å². The highest BCUT2D eigenvalue weighted by Crippen LogP contribution is 2.57. The summed E-state index contributed by atoms with van der Waals surface area (Å²) in [5.41, 5.74) is 1.09. The summed E-state index contributed by atoms with van der Waals surface area (Å²) in [6.45, 7) is 0.888. The number of rotatable bonds is 4. The third-order valence-corrected chi connectivity index (χ3v) is 5.86. The van der Waals surface area contributed by atoms with E-state index < -0.39 is 0 Å². The van der Waals surface area contributed by atoms with Crippen molar-refractivity contribution < 1.29 is 9.84 Å². The Morgan fingerprint density at radius 3 is 2.38 bits per heavy atom. The van der Waals surface area contributed by atoms with Gasteiger partial charge in [-0.05, 0) is 68.1 Å². The maximum Gasteiger partial charge on any atom is 0.118 e. The molecule has 0 heterocycles. The van der Waals surface area contributed by atoms with Crippen LogP contribution in [0, 0.1) is 11.8 Å². The summed E-state index contributed by atoms with van der Waals surface area (Å²) in [6.07, 6.45) is 6.87. The van der Waals surface area contributed by atoms with Crippen molar-refractivity contribution in [1.82, 2.24) is 5.32 Å². The second-order valence-electron chi connectivity index (χ2n) is 7.67. The summed E-state index contributed by atoms with van der Waals surface area (Å²) in [5.74, 6) is 2.38. The molecule has 4 aliphatic rings. The second-order valence-corrected chi connectivity index (χ2v) is 7.67. The first-order chi connectivity index (χ1) is 10.1. The topological polar surface area (TPSA) is 41.5 Å². The van der Waals surface area contributed by atoms with E-state index in [0.29, 0.717) is 0 Å². The molecule has 2 N–H and O–H groups in total. The fraction of sp³-hybridized carbons (Fsp3) is 0.667. The summed E-state index contributed by atoms with van der Waals surface area (Å²) in [7, 11) is 1.70. The predicted molar refractivity (Wildman–Crippen MR) is 82.2 cm³/mol. The summed E-state index contributed by atoms with van der Waals surface area (Å²) in [6, 6.07) is 8.29. The zero-order valence-corrected chi connectivity index (χ0v) is 12.8. The van der Waals surface area contributed by atoms with E-state index in [1.807, 2.05) is 12.1 Å². The number of benzene rings is 1. The predicted octanol–water partition coefficient (Wildman–Crippen LogP) is 2.87. The highest BCUT2D eigenvalue weighted by molar-refractivity contribution is 5.27. The Balaban J connectivity index is 1.46. The van der Waals surface area contributed by atoms with E-state index in [-0.39, 0.29) is 11.1 Å². The van der Waals surface area contributed by atoms with E-state index in [1.54, 1.807) is 7.11 Å². The van der Waals surface area contributed by atoms with E-state index in [2.05, 4.69) is 17.4 Å². The van der Waals surface area contributed by atoms with E-state index in [1.165, 1.54) is 24.8 Å². The first kappa shape index (κ1) is 13.6. The molecule has 1 aromatic carbocycles. The van der Waals surface area contributed by atoms with Crippen molar-refractivity contribution in [3.8, 4) is 5.75 Å². The van der Waals surface area contributed by atoms with Crippen molar-refractivity contribution in [2.45, 2.75) is 56.2 Å². The van der Waals surface area contributed by atoms with Crippen LogP contribution >= 0.6 is 0 Å². The van der Waals surface area contributed by atoms with Gasteiger partial charge in [-0.3, -0.25) is 0 Å². The van der Waals surface area contributed by atoms with Gasteiger partial charge < -0.3 is 15.2 Å². The normalized spacial score (nSPS) is 40.5. The van der Waals surface area contributed by atoms with E-state index in [4.69, 9.17) is 4.74 Å². The third kappa shape index (κ3) is 2.47. The van der Waals surface area contributed by atoms with Crippen LogP contribution in [0.4, 0.5) is 0 Å². The van der Waals surface area contributed by atoms with Gasteiger partial charge in [-0.25, -0.2) is 0 Å². The van der Waals surface area contributed by atoms with E-state index in [9.17, 15) is 5.11 Å². The van der Waals surface area contributed by atoms with Crippen molar-refractivity contribution in [3.05, 3.63) is 29.8 Å². The van der Waals surface area contributed by atoms with Crippen LogP contribution in [0.3, 0.4) is 0 Å². The lowest BCUT2D eigenvalue weighted by Gasteiger charge is -2.60. The van der Waals surface area contributed by atoms with E-state index in [0.717, 1.165) is 43.4 Å². The second kappa shape index (κ2) is 4.72. The molecule has 0 amide bonds. The van der Waals surface area contributed by atoms with Gasteiger partial charge in [-0.1, -0.05) is 12.1 Å². The molecular weight excluding hydrogens is 262 g/mol. The molecule has 21 heavy (non-hydrogen) atoms. The largest absolute Gasteiger partial charge is 0.497 e. The Hall–Kier alpha value is -1.06. The quantitative estimate of drug-likeness (QED) is 0.894. The SMILES string of the molecule is COc1ccc(CNC23CC4CC(CC(O)(C4)C2)C3)cc1. The molecule has 5 rings (SSSR count). The molecule has 3 heteroatoms. The van der Waals surface area contributed by atoms with Crippen LogP contribution < -0.4 is 10.1 Å². The molecule has 3 nitrogen and oxygen atoms in total. The number of ether oxygens (including phenoxy) is 1. The maximum absolute atomic E-state index is 10.8. The van der Waals surface area contributed by atoms with Crippen molar-refractivity contribution in [2.24, 2.45) is 11.8 Å². The van der Waals surface area contributed by atoms with Crippen molar-refractivity contribution in [2.75, 3.05) is 7.11 Å². The zero-order valence-electron chi connectivity index (χ0n) is 12.8. The number of hydrogen-bond donors (Lipinski definition) is 2. The number of aliphatic hydroxyl groups is 1. The summed E-state index contributed by atoms with van der Waals surface area (Å²) >= 11 is 0. The molecule has 4 aliphatic carbocycles. The van der Waals surface area contributed by atoms with Gasteiger partial charge in [0.1, 0.15) is 5.75 Å². The number of hydrogen-bond acceptors (Lipinski definition) is 3. The molecule has 2 unspecified atom stereocenters. The molecule has 0 saturated heterocycles. The average molecular weight is 287 g/mol. The minimum Gasteiger partial charge on any atom is -0.497 e. The molecule has 2 atom stereocenters. The van der Waals surface area contributed by atoms with Gasteiger partial charge in [0.15, 0.2) is 0 Å². The van der Waals surface area contributed by atoms with Gasteiger partial charge in [-0.15, -0.1) is 0 Å². The lowest BCUT2D eigenvalue weighted by atomic mass is 9.51.